The van der Waals surface area contributed by atoms with Crippen molar-refractivity contribution in [1.29, 1.82) is 0 Å². The van der Waals surface area contributed by atoms with Crippen molar-refractivity contribution in [3.05, 3.63) is 22.3 Å². The van der Waals surface area contributed by atoms with E-state index in [9.17, 15) is 0 Å². The van der Waals surface area contributed by atoms with Crippen LogP contribution in [0.2, 0.25) is 13.1 Å². The van der Waals surface area contributed by atoms with Crippen molar-refractivity contribution in [2.45, 2.75) is 45.3 Å². The first-order valence-corrected chi connectivity index (χ1v) is 8.15. The quantitative estimate of drug-likeness (QED) is 0.462. The van der Waals surface area contributed by atoms with E-state index >= 15 is 0 Å². The van der Waals surface area contributed by atoms with E-state index in [0.717, 1.165) is 0 Å². The molecular weight excluding hydrogens is 196 g/mol. The standard InChI is InChI=1S/C11H19ClSi/c1-7-8(2)10(4)11(12,9(7)3)13(5)6/h13H,1-6H3. The van der Waals surface area contributed by atoms with Gasteiger partial charge < -0.3 is 0 Å². The zero-order valence-electron chi connectivity index (χ0n) is 9.46. The number of halogens is 1. The highest BCUT2D eigenvalue weighted by Gasteiger charge is 2.41. The number of hydrogen-bond acceptors (Lipinski definition) is 0. The van der Waals surface area contributed by atoms with E-state index < -0.39 is 8.80 Å². The van der Waals surface area contributed by atoms with Crippen LogP contribution in [0.4, 0.5) is 0 Å². The second-order valence-electron chi connectivity index (χ2n) is 4.37. The van der Waals surface area contributed by atoms with Gasteiger partial charge in [-0.15, -0.1) is 11.6 Å². The second kappa shape index (κ2) is 3.29. The van der Waals surface area contributed by atoms with E-state index in [1.54, 1.807) is 0 Å². The van der Waals surface area contributed by atoms with Gasteiger partial charge in [0, 0.05) is 0 Å². The lowest BCUT2D eigenvalue weighted by molar-refractivity contribution is 1.02. The first-order chi connectivity index (χ1) is 5.83. The minimum absolute atomic E-state index is 0.0752. The van der Waals surface area contributed by atoms with Crippen LogP contribution in [0.1, 0.15) is 27.7 Å². The Balaban J connectivity index is 3.31. The first-order valence-electron chi connectivity index (χ1n) is 4.88. The molecule has 0 amide bonds. The predicted molar refractivity (Wildman–Crippen MR) is 64.2 cm³/mol. The molecule has 0 bridgehead atoms. The molecular formula is C11H19ClSi. The molecule has 0 N–H and O–H groups in total. The maximum atomic E-state index is 6.74. The minimum atomic E-state index is -0.881. The third-order valence-electron chi connectivity index (χ3n) is 3.57. The van der Waals surface area contributed by atoms with Crippen LogP contribution >= 0.6 is 11.6 Å². The van der Waals surface area contributed by atoms with Crippen LogP contribution in [-0.4, -0.2) is 13.3 Å². The summed E-state index contributed by atoms with van der Waals surface area (Å²) in [7, 11) is -0.881. The first kappa shape index (κ1) is 11.1. The highest BCUT2D eigenvalue weighted by Crippen LogP contribution is 2.46. The molecule has 0 atom stereocenters. The van der Waals surface area contributed by atoms with E-state index in [0.29, 0.717) is 0 Å². The summed E-state index contributed by atoms with van der Waals surface area (Å²) in [6.07, 6.45) is 0. The summed E-state index contributed by atoms with van der Waals surface area (Å²) in [5.74, 6) is 0. The zero-order valence-corrected chi connectivity index (χ0v) is 11.4. The maximum absolute atomic E-state index is 6.74. The molecule has 13 heavy (non-hydrogen) atoms. The Kier molecular flexibility index (Phi) is 2.80. The Morgan fingerprint density at radius 2 is 1.23 bits per heavy atom. The number of rotatable bonds is 1. The summed E-state index contributed by atoms with van der Waals surface area (Å²) in [6, 6.07) is 0. The molecule has 0 saturated heterocycles. The SMILES string of the molecule is CC1=C(C)C(Cl)([SiH](C)C)C(C)=C1C. The van der Waals surface area contributed by atoms with Gasteiger partial charge in [0.15, 0.2) is 0 Å². The van der Waals surface area contributed by atoms with Crippen LogP contribution in [0.15, 0.2) is 22.3 Å². The summed E-state index contributed by atoms with van der Waals surface area (Å²) in [6.45, 7) is 13.4. The Morgan fingerprint density at radius 3 is 1.38 bits per heavy atom. The van der Waals surface area contributed by atoms with Gasteiger partial charge in [0.25, 0.3) is 0 Å². The molecule has 0 aromatic heterocycles. The summed E-state index contributed by atoms with van der Waals surface area (Å²) in [4.78, 5) is 0. The molecule has 1 aliphatic rings. The fraction of sp³-hybridized carbons (Fsp3) is 0.636. The maximum Gasteiger partial charge on any atom is 0.0741 e. The van der Waals surface area contributed by atoms with Crippen molar-refractivity contribution in [2.24, 2.45) is 0 Å². The average Bonchev–Trinajstić information content (AvgIpc) is 2.22. The number of alkyl halides is 1. The zero-order chi connectivity index (χ0) is 10.4. The van der Waals surface area contributed by atoms with Crippen LogP contribution in [0.5, 0.6) is 0 Å². The molecule has 0 nitrogen and oxygen atoms in total. The molecule has 0 aromatic rings. The van der Waals surface area contributed by atoms with Gasteiger partial charge in [-0.3, -0.25) is 0 Å². The Bertz CT molecular complexity index is 273. The lowest BCUT2D eigenvalue weighted by atomic mass is 10.1. The average molecular weight is 215 g/mol. The molecule has 0 unspecified atom stereocenters. The summed E-state index contributed by atoms with van der Waals surface area (Å²) in [5, 5.41) is 0. The molecule has 2 heteroatoms. The highest BCUT2D eigenvalue weighted by molar-refractivity contribution is 6.73. The van der Waals surface area contributed by atoms with E-state index in [-0.39, 0.29) is 4.50 Å². The Morgan fingerprint density at radius 1 is 0.923 bits per heavy atom. The van der Waals surface area contributed by atoms with Crippen molar-refractivity contribution >= 4 is 20.4 Å². The lowest BCUT2D eigenvalue weighted by Crippen LogP contribution is -2.37. The van der Waals surface area contributed by atoms with Crippen LogP contribution in [0.3, 0.4) is 0 Å². The van der Waals surface area contributed by atoms with Gasteiger partial charge >= 0.3 is 0 Å². The van der Waals surface area contributed by atoms with Crippen LogP contribution in [0, 0.1) is 0 Å². The summed E-state index contributed by atoms with van der Waals surface area (Å²) in [5.41, 5.74) is 5.61. The fourth-order valence-corrected chi connectivity index (χ4v) is 4.70. The van der Waals surface area contributed by atoms with Gasteiger partial charge in [-0.05, 0) is 50.0 Å². The molecule has 74 valence electrons. The minimum Gasteiger partial charge on any atom is -0.114 e. The Hall–Kier alpha value is -0.0131. The third kappa shape index (κ3) is 1.33. The molecule has 0 heterocycles. The van der Waals surface area contributed by atoms with Crippen molar-refractivity contribution in [1.82, 2.24) is 0 Å². The van der Waals surface area contributed by atoms with E-state index in [4.69, 9.17) is 11.6 Å². The van der Waals surface area contributed by atoms with Crippen molar-refractivity contribution in [3.8, 4) is 0 Å². The molecule has 0 radical (unpaired) electrons. The summed E-state index contributed by atoms with van der Waals surface area (Å²) < 4.78 is -0.0752. The fourth-order valence-electron chi connectivity index (χ4n) is 2.26. The molecule has 0 aliphatic heterocycles. The van der Waals surface area contributed by atoms with E-state index in [1.807, 2.05) is 0 Å². The van der Waals surface area contributed by atoms with Gasteiger partial charge in [-0.25, -0.2) is 0 Å². The van der Waals surface area contributed by atoms with Gasteiger partial charge in [0.1, 0.15) is 0 Å². The van der Waals surface area contributed by atoms with Crippen LogP contribution < -0.4 is 0 Å². The van der Waals surface area contributed by atoms with Crippen molar-refractivity contribution in [3.63, 3.8) is 0 Å². The second-order valence-corrected chi connectivity index (χ2v) is 8.50. The number of allylic oxidation sites excluding steroid dienone is 4. The van der Waals surface area contributed by atoms with Crippen molar-refractivity contribution < 1.29 is 0 Å². The largest absolute Gasteiger partial charge is 0.114 e. The van der Waals surface area contributed by atoms with Crippen molar-refractivity contribution in [2.75, 3.05) is 0 Å². The molecule has 1 rings (SSSR count). The van der Waals surface area contributed by atoms with Crippen LogP contribution in [0.25, 0.3) is 0 Å². The van der Waals surface area contributed by atoms with Gasteiger partial charge in [-0.1, -0.05) is 13.1 Å². The van der Waals surface area contributed by atoms with Gasteiger partial charge in [0.2, 0.25) is 0 Å². The van der Waals surface area contributed by atoms with Gasteiger partial charge in [-0.2, -0.15) is 0 Å². The normalized spacial score (nSPS) is 22.2. The molecule has 0 saturated carbocycles. The third-order valence-corrected chi connectivity index (χ3v) is 7.91. The van der Waals surface area contributed by atoms with E-state index in [2.05, 4.69) is 40.8 Å². The smallest absolute Gasteiger partial charge is 0.0741 e. The Labute approximate surface area is 88.3 Å². The predicted octanol–water partition coefficient (Wildman–Crippen LogP) is 3.68. The lowest BCUT2D eigenvalue weighted by Gasteiger charge is -2.30. The molecule has 0 fully saturated rings. The van der Waals surface area contributed by atoms with Crippen LogP contribution in [-0.2, 0) is 0 Å². The molecule has 1 aliphatic carbocycles. The van der Waals surface area contributed by atoms with Gasteiger partial charge in [0.05, 0.1) is 13.3 Å². The van der Waals surface area contributed by atoms with E-state index in [1.165, 1.54) is 22.3 Å². The number of hydrogen-bond donors (Lipinski definition) is 0. The molecule has 0 spiro atoms. The highest BCUT2D eigenvalue weighted by atomic mass is 35.5. The monoisotopic (exact) mass is 214 g/mol. The topological polar surface area (TPSA) is 0 Å². The summed E-state index contributed by atoms with van der Waals surface area (Å²) >= 11 is 6.74. The molecule has 0 aromatic carbocycles.